The van der Waals surface area contributed by atoms with Crippen molar-refractivity contribution < 1.29 is 19.1 Å². The molecule has 0 aliphatic rings. The highest BCUT2D eigenvalue weighted by atomic mass is 79.9. The normalized spacial score (nSPS) is 10.5. The Hall–Kier alpha value is -3.17. The number of halogens is 1. The number of fused-ring (bicyclic) bond motifs is 1. The highest BCUT2D eigenvalue weighted by Gasteiger charge is 2.12. The first kappa shape index (κ1) is 24.5. The molecule has 3 N–H and O–H groups in total. The van der Waals surface area contributed by atoms with Crippen LogP contribution in [0.2, 0.25) is 0 Å². The third-order valence-corrected chi connectivity index (χ3v) is 5.22. The van der Waals surface area contributed by atoms with Gasteiger partial charge in [0, 0.05) is 5.56 Å². The van der Waals surface area contributed by atoms with Crippen LogP contribution in [-0.4, -0.2) is 30.1 Å². The van der Waals surface area contributed by atoms with Gasteiger partial charge in [0.25, 0.3) is 11.8 Å². The molecular formula is C24H24BrN3O4S. The van der Waals surface area contributed by atoms with Gasteiger partial charge in [0.15, 0.2) is 11.7 Å². The Morgan fingerprint density at radius 1 is 0.970 bits per heavy atom. The van der Waals surface area contributed by atoms with Crippen LogP contribution in [0.15, 0.2) is 65.1 Å². The fourth-order valence-corrected chi connectivity index (χ4v) is 3.43. The summed E-state index contributed by atoms with van der Waals surface area (Å²) in [5, 5.41) is 4.56. The second-order valence-electron chi connectivity index (χ2n) is 7.60. The smallest absolute Gasteiger partial charge is 0.276 e. The van der Waals surface area contributed by atoms with Gasteiger partial charge in [-0.25, -0.2) is 0 Å². The maximum absolute atomic E-state index is 12.4. The lowest BCUT2D eigenvalue weighted by molar-refractivity contribution is -0.123. The molecule has 0 spiro atoms. The zero-order valence-corrected chi connectivity index (χ0v) is 20.6. The monoisotopic (exact) mass is 529 g/mol. The average Bonchev–Trinajstić information content (AvgIpc) is 2.80. The van der Waals surface area contributed by atoms with E-state index < -0.39 is 11.8 Å². The van der Waals surface area contributed by atoms with Crippen LogP contribution >= 0.6 is 28.1 Å². The lowest BCUT2D eigenvalue weighted by Crippen LogP contribution is -2.49. The predicted molar refractivity (Wildman–Crippen MR) is 135 cm³/mol. The van der Waals surface area contributed by atoms with Gasteiger partial charge >= 0.3 is 0 Å². The maximum atomic E-state index is 12.4. The highest BCUT2D eigenvalue weighted by Crippen LogP contribution is 2.26. The second kappa shape index (κ2) is 11.6. The number of thiocarbonyl (C=S) groups is 1. The summed E-state index contributed by atoms with van der Waals surface area (Å²) in [4.78, 5) is 24.5. The minimum absolute atomic E-state index is 0.0460. The van der Waals surface area contributed by atoms with Gasteiger partial charge in [0.1, 0.15) is 11.5 Å². The van der Waals surface area contributed by atoms with Gasteiger partial charge < -0.3 is 9.47 Å². The SMILES string of the molecule is CC(C)COc1ccc(C(=O)NC(=S)NNC(=O)COc2ccc3ccccc3c2)cc1Br. The summed E-state index contributed by atoms with van der Waals surface area (Å²) in [7, 11) is 0. The lowest BCUT2D eigenvalue weighted by atomic mass is 10.1. The molecule has 0 saturated heterocycles. The van der Waals surface area contributed by atoms with Gasteiger partial charge in [0.2, 0.25) is 0 Å². The van der Waals surface area contributed by atoms with Crippen molar-refractivity contribution in [2.45, 2.75) is 13.8 Å². The number of nitrogens with one attached hydrogen (secondary N) is 3. The van der Waals surface area contributed by atoms with E-state index in [-0.39, 0.29) is 11.7 Å². The van der Waals surface area contributed by atoms with Crippen molar-refractivity contribution in [2.24, 2.45) is 5.92 Å². The van der Waals surface area contributed by atoms with E-state index in [1.165, 1.54) is 0 Å². The van der Waals surface area contributed by atoms with Crippen LogP contribution in [0.4, 0.5) is 0 Å². The van der Waals surface area contributed by atoms with E-state index in [4.69, 9.17) is 21.7 Å². The second-order valence-corrected chi connectivity index (χ2v) is 8.87. The van der Waals surface area contributed by atoms with Crippen LogP contribution in [0.5, 0.6) is 11.5 Å². The molecule has 2 amide bonds. The fourth-order valence-electron chi connectivity index (χ4n) is 2.79. The van der Waals surface area contributed by atoms with Crippen molar-refractivity contribution in [1.29, 1.82) is 0 Å². The van der Waals surface area contributed by atoms with Crippen LogP contribution < -0.4 is 25.6 Å². The molecule has 0 radical (unpaired) electrons. The molecule has 0 unspecified atom stereocenters. The molecule has 0 aliphatic heterocycles. The van der Waals surface area contributed by atoms with E-state index in [1.807, 2.05) is 36.4 Å². The number of ether oxygens (including phenoxy) is 2. The van der Waals surface area contributed by atoms with Crippen LogP contribution in [0.25, 0.3) is 10.8 Å². The Morgan fingerprint density at radius 2 is 1.73 bits per heavy atom. The first-order valence-electron chi connectivity index (χ1n) is 10.3. The van der Waals surface area contributed by atoms with Gasteiger partial charge in [-0.1, -0.05) is 44.2 Å². The molecule has 0 aromatic heterocycles. The number of amides is 2. The Morgan fingerprint density at radius 3 is 2.45 bits per heavy atom. The summed E-state index contributed by atoms with van der Waals surface area (Å²) in [6.07, 6.45) is 0. The molecule has 0 fully saturated rings. The molecule has 9 heteroatoms. The first-order valence-corrected chi connectivity index (χ1v) is 11.5. The van der Waals surface area contributed by atoms with Crippen molar-refractivity contribution in [3.63, 3.8) is 0 Å². The molecule has 3 rings (SSSR count). The van der Waals surface area contributed by atoms with Crippen LogP contribution in [0, 0.1) is 5.92 Å². The van der Waals surface area contributed by atoms with E-state index in [1.54, 1.807) is 24.3 Å². The summed E-state index contributed by atoms with van der Waals surface area (Å²) in [6.45, 7) is 4.46. The van der Waals surface area contributed by atoms with Gasteiger partial charge in [-0.05, 0) is 75.2 Å². The molecule has 0 heterocycles. The lowest BCUT2D eigenvalue weighted by Gasteiger charge is -2.13. The standard InChI is InChI=1S/C24H24BrN3O4S/c1-15(2)13-32-21-10-8-18(12-20(21)25)23(30)26-24(33)28-27-22(29)14-31-19-9-7-16-5-3-4-6-17(16)11-19/h3-12,15H,13-14H2,1-2H3,(H,27,29)(H2,26,28,30,33). The van der Waals surface area contributed by atoms with Crippen molar-refractivity contribution in [1.82, 2.24) is 16.2 Å². The molecular weight excluding hydrogens is 506 g/mol. The van der Waals surface area contributed by atoms with E-state index >= 15 is 0 Å². The van der Waals surface area contributed by atoms with Crippen molar-refractivity contribution >= 4 is 55.8 Å². The van der Waals surface area contributed by atoms with Crippen molar-refractivity contribution in [3.05, 3.63) is 70.7 Å². The van der Waals surface area contributed by atoms with Gasteiger partial charge in [-0.3, -0.25) is 25.8 Å². The molecule has 172 valence electrons. The Balaban J connectivity index is 1.43. The largest absolute Gasteiger partial charge is 0.492 e. The molecule has 3 aromatic carbocycles. The Labute approximate surface area is 205 Å². The predicted octanol–water partition coefficient (Wildman–Crippen LogP) is 4.35. The Kier molecular flexibility index (Phi) is 8.62. The summed E-state index contributed by atoms with van der Waals surface area (Å²) >= 11 is 8.48. The van der Waals surface area contributed by atoms with Crippen molar-refractivity contribution in [3.8, 4) is 11.5 Å². The van der Waals surface area contributed by atoms with Gasteiger partial charge in [-0.2, -0.15) is 0 Å². The number of hydrazine groups is 1. The number of benzene rings is 3. The first-order chi connectivity index (χ1) is 15.8. The van der Waals surface area contributed by atoms with Crippen LogP contribution in [-0.2, 0) is 4.79 Å². The minimum Gasteiger partial charge on any atom is -0.492 e. The number of carbonyl (C=O) groups is 2. The van der Waals surface area contributed by atoms with Crippen molar-refractivity contribution in [2.75, 3.05) is 13.2 Å². The number of rotatable bonds is 7. The molecule has 0 atom stereocenters. The maximum Gasteiger partial charge on any atom is 0.276 e. The van der Waals surface area contributed by atoms with Gasteiger partial charge in [0.05, 0.1) is 11.1 Å². The molecule has 0 aliphatic carbocycles. The van der Waals surface area contributed by atoms with Crippen LogP contribution in [0.1, 0.15) is 24.2 Å². The zero-order chi connectivity index (χ0) is 23.8. The number of hydrogen-bond acceptors (Lipinski definition) is 5. The molecule has 3 aromatic rings. The summed E-state index contributed by atoms with van der Waals surface area (Å²) in [5.41, 5.74) is 5.27. The summed E-state index contributed by atoms with van der Waals surface area (Å²) in [5.74, 6) is 0.738. The minimum atomic E-state index is -0.450. The molecule has 33 heavy (non-hydrogen) atoms. The summed E-state index contributed by atoms with van der Waals surface area (Å²) < 4.78 is 11.9. The zero-order valence-electron chi connectivity index (χ0n) is 18.2. The third kappa shape index (κ3) is 7.44. The van der Waals surface area contributed by atoms with E-state index in [0.717, 1.165) is 10.8 Å². The number of hydrogen-bond donors (Lipinski definition) is 3. The summed E-state index contributed by atoms with van der Waals surface area (Å²) in [6, 6.07) is 18.4. The Bertz CT molecular complexity index is 1170. The topological polar surface area (TPSA) is 88.7 Å². The van der Waals surface area contributed by atoms with E-state index in [2.05, 4.69) is 45.9 Å². The fraction of sp³-hybridized carbons (Fsp3) is 0.208. The van der Waals surface area contributed by atoms with Crippen LogP contribution in [0.3, 0.4) is 0 Å². The average molecular weight is 530 g/mol. The molecule has 7 nitrogen and oxygen atoms in total. The quantitative estimate of drug-likeness (QED) is 0.311. The van der Waals surface area contributed by atoms with E-state index in [0.29, 0.717) is 34.1 Å². The third-order valence-electron chi connectivity index (χ3n) is 4.40. The molecule has 0 bridgehead atoms. The molecule has 0 saturated carbocycles. The number of carbonyl (C=O) groups excluding carboxylic acids is 2. The van der Waals surface area contributed by atoms with E-state index in [9.17, 15) is 9.59 Å². The van der Waals surface area contributed by atoms with Gasteiger partial charge in [-0.15, -0.1) is 0 Å². The highest BCUT2D eigenvalue weighted by molar-refractivity contribution is 9.10.